The monoisotopic (exact) mass is 319 g/mol. The third kappa shape index (κ3) is 3.64. The van der Waals surface area contributed by atoms with Crippen LogP contribution < -0.4 is 4.90 Å². The number of carbonyl (C=O) groups is 1. The Bertz CT molecular complexity index is 552. The van der Waals surface area contributed by atoms with Gasteiger partial charge in [-0.15, -0.1) is 0 Å². The van der Waals surface area contributed by atoms with Gasteiger partial charge in [0.05, 0.1) is 31.8 Å². The van der Waals surface area contributed by atoms with Crippen molar-refractivity contribution >= 4 is 11.6 Å². The molecule has 0 aliphatic carbocycles. The topological polar surface area (TPSA) is 54.9 Å². The highest BCUT2D eigenvalue weighted by atomic mass is 16.5. The minimum atomic E-state index is 0.0910. The number of carbonyl (C=O) groups excluding carboxylic acids is 1. The second-order valence-electron chi connectivity index (χ2n) is 6.07. The summed E-state index contributed by atoms with van der Waals surface area (Å²) in [6.45, 7) is 8.03. The number of aromatic nitrogens is 1. The number of hydrogen-bond acceptors (Lipinski definition) is 5. The molecule has 6 nitrogen and oxygen atoms in total. The molecule has 2 atom stereocenters. The van der Waals surface area contributed by atoms with Crippen LogP contribution in [0.5, 0.6) is 0 Å². The largest absolute Gasteiger partial charge is 0.381 e. The first-order chi connectivity index (χ1) is 11.2. The van der Waals surface area contributed by atoms with Gasteiger partial charge in [-0.3, -0.25) is 9.78 Å². The molecule has 0 radical (unpaired) electrons. The number of fused-ring (bicyclic) bond motifs is 1. The molecule has 6 heteroatoms. The van der Waals surface area contributed by atoms with Crippen LogP contribution in [0.2, 0.25) is 0 Å². The van der Waals surface area contributed by atoms with Gasteiger partial charge in [-0.2, -0.15) is 0 Å². The lowest BCUT2D eigenvalue weighted by molar-refractivity contribution is -0.131. The van der Waals surface area contributed by atoms with Crippen LogP contribution in [0, 0.1) is 6.92 Å². The fourth-order valence-corrected chi connectivity index (χ4v) is 3.38. The summed E-state index contributed by atoms with van der Waals surface area (Å²) in [5, 5.41) is 0. The predicted octanol–water partition coefficient (Wildman–Crippen LogP) is 1.23. The van der Waals surface area contributed by atoms with Gasteiger partial charge in [0.1, 0.15) is 0 Å². The highest BCUT2D eigenvalue weighted by Gasteiger charge is 2.41. The SMILES string of the molecule is CCOCCC(=O)N1C[C@@H]2OCCN(c3ccnc(C)c3)[C@H]2C1. The van der Waals surface area contributed by atoms with Crippen LogP contribution in [0.1, 0.15) is 19.0 Å². The van der Waals surface area contributed by atoms with Crippen molar-refractivity contribution in [2.75, 3.05) is 44.4 Å². The smallest absolute Gasteiger partial charge is 0.225 e. The van der Waals surface area contributed by atoms with Crippen molar-refractivity contribution < 1.29 is 14.3 Å². The van der Waals surface area contributed by atoms with E-state index in [1.807, 2.05) is 31.0 Å². The van der Waals surface area contributed by atoms with Gasteiger partial charge in [0.2, 0.25) is 5.91 Å². The van der Waals surface area contributed by atoms with E-state index >= 15 is 0 Å². The molecule has 0 saturated carbocycles. The minimum Gasteiger partial charge on any atom is -0.381 e. The third-order valence-electron chi connectivity index (χ3n) is 4.53. The van der Waals surface area contributed by atoms with Crippen LogP contribution in [0.3, 0.4) is 0 Å². The molecule has 1 aromatic rings. The molecule has 2 aliphatic rings. The van der Waals surface area contributed by atoms with Crippen molar-refractivity contribution in [3.05, 3.63) is 24.0 Å². The zero-order valence-electron chi connectivity index (χ0n) is 13.9. The van der Waals surface area contributed by atoms with E-state index in [1.54, 1.807) is 0 Å². The number of amides is 1. The van der Waals surface area contributed by atoms with Gasteiger partial charge in [0.25, 0.3) is 0 Å². The molecule has 0 spiro atoms. The van der Waals surface area contributed by atoms with E-state index < -0.39 is 0 Å². The number of aryl methyl sites for hydroxylation is 1. The van der Waals surface area contributed by atoms with Crippen molar-refractivity contribution in [2.45, 2.75) is 32.4 Å². The molecule has 3 rings (SSSR count). The van der Waals surface area contributed by atoms with Crippen LogP contribution in [0.25, 0.3) is 0 Å². The number of morpholine rings is 1. The van der Waals surface area contributed by atoms with E-state index in [0.717, 1.165) is 18.8 Å². The van der Waals surface area contributed by atoms with Crippen LogP contribution in [0.15, 0.2) is 18.3 Å². The van der Waals surface area contributed by atoms with Gasteiger partial charge in [-0.1, -0.05) is 0 Å². The molecule has 2 fully saturated rings. The van der Waals surface area contributed by atoms with E-state index in [9.17, 15) is 4.79 Å². The lowest BCUT2D eigenvalue weighted by Crippen LogP contribution is -2.51. The Morgan fingerprint density at radius 2 is 2.35 bits per heavy atom. The van der Waals surface area contributed by atoms with Gasteiger partial charge in [0.15, 0.2) is 0 Å². The molecular weight excluding hydrogens is 294 g/mol. The molecule has 1 aromatic heterocycles. The van der Waals surface area contributed by atoms with Crippen LogP contribution >= 0.6 is 0 Å². The van der Waals surface area contributed by atoms with Gasteiger partial charge in [0, 0.05) is 43.8 Å². The standard InChI is InChI=1S/C17H25N3O3/c1-3-22-8-5-17(21)19-11-15-16(12-19)23-9-7-20(15)14-4-6-18-13(2)10-14/h4,6,10,15-16H,3,5,7-9,11-12H2,1-2H3/t15-,16-/m0/s1. The predicted molar refractivity (Wildman–Crippen MR) is 87.5 cm³/mol. The van der Waals surface area contributed by atoms with Gasteiger partial charge < -0.3 is 19.3 Å². The zero-order valence-corrected chi connectivity index (χ0v) is 13.9. The van der Waals surface area contributed by atoms with Crippen molar-refractivity contribution in [2.24, 2.45) is 0 Å². The molecule has 0 aromatic carbocycles. The van der Waals surface area contributed by atoms with Gasteiger partial charge in [-0.05, 0) is 26.0 Å². The van der Waals surface area contributed by atoms with Crippen molar-refractivity contribution in [1.29, 1.82) is 0 Å². The summed E-state index contributed by atoms with van der Waals surface area (Å²) in [4.78, 5) is 20.9. The number of nitrogens with zero attached hydrogens (tertiary/aromatic N) is 3. The Morgan fingerprint density at radius 1 is 1.48 bits per heavy atom. The summed E-state index contributed by atoms with van der Waals surface area (Å²) in [7, 11) is 0. The number of pyridine rings is 1. The maximum Gasteiger partial charge on any atom is 0.225 e. The zero-order chi connectivity index (χ0) is 16.2. The number of ether oxygens (including phenoxy) is 2. The Morgan fingerprint density at radius 3 is 3.13 bits per heavy atom. The van der Waals surface area contributed by atoms with E-state index in [2.05, 4.69) is 16.0 Å². The molecule has 0 unspecified atom stereocenters. The fraction of sp³-hybridized carbons (Fsp3) is 0.647. The van der Waals surface area contributed by atoms with E-state index in [1.165, 1.54) is 5.69 Å². The van der Waals surface area contributed by atoms with E-state index in [0.29, 0.717) is 32.8 Å². The summed E-state index contributed by atoms with van der Waals surface area (Å²) in [5.74, 6) is 0.155. The lowest BCUT2D eigenvalue weighted by Gasteiger charge is -2.38. The molecule has 2 aliphatic heterocycles. The first-order valence-corrected chi connectivity index (χ1v) is 8.35. The molecule has 2 saturated heterocycles. The number of hydrogen-bond donors (Lipinski definition) is 0. The fourth-order valence-electron chi connectivity index (χ4n) is 3.38. The first-order valence-electron chi connectivity index (χ1n) is 8.35. The molecule has 3 heterocycles. The Balaban J connectivity index is 1.67. The third-order valence-corrected chi connectivity index (χ3v) is 4.53. The minimum absolute atomic E-state index is 0.0910. The summed E-state index contributed by atoms with van der Waals surface area (Å²) in [6.07, 6.45) is 2.38. The molecule has 0 N–H and O–H groups in total. The second-order valence-corrected chi connectivity index (χ2v) is 6.07. The summed E-state index contributed by atoms with van der Waals surface area (Å²) >= 11 is 0. The van der Waals surface area contributed by atoms with Gasteiger partial charge >= 0.3 is 0 Å². The Hall–Kier alpha value is -1.66. The van der Waals surface area contributed by atoms with Crippen LogP contribution in [-0.2, 0) is 14.3 Å². The lowest BCUT2D eigenvalue weighted by atomic mass is 10.1. The second kappa shape index (κ2) is 7.27. The highest BCUT2D eigenvalue weighted by molar-refractivity contribution is 5.77. The quantitative estimate of drug-likeness (QED) is 0.764. The molecule has 0 bridgehead atoms. The van der Waals surface area contributed by atoms with Gasteiger partial charge in [-0.25, -0.2) is 0 Å². The molecule has 1 amide bonds. The average Bonchev–Trinajstić information content (AvgIpc) is 2.99. The van der Waals surface area contributed by atoms with Crippen molar-refractivity contribution in [1.82, 2.24) is 9.88 Å². The number of rotatable bonds is 5. The maximum absolute atomic E-state index is 12.3. The summed E-state index contributed by atoms with van der Waals surface area (Å²) in [6, 6.07) is 4.36. The normalized spacial score (nSPS) is 23.9. The number of likely N-dealkylation sites (tertiary alicyclic amines) is 1. The first kappa shape index (κ1) is 16.2. The average molecular weight is 319 g/mol. The maximum atomic E-state index is 12.3. The summed E-state index contributed by atoms with van der Waals surface area (Å²) < 4.78 is 11.2. The Labute approximate surface area is 137 Å². The Kier molecular flexibility index (Phi) is 5.13. The molecule has 23 heavy (non-hydrogen) atoms. The highest BCUT2D eigenvalue weighted by Crippen LogP contribution is 2.28. The molecule has 126 valence electrons. The van der Waals surface area contributed by atoms with Crippen molar-refractivity contribution in [3.8, 4) is 0 Å². The summed E-state index contributed by atoms with van der Waals surface area (Å²) in [5.41, 5.74) is 2.17. The number of anilines is 1. The molecular formula is C17H25N3O3. The van der Waals surface area contributed by atoms with Crippen LogP contribution in [0.4, 0.5) is 5.69 Å². The van der Waals surface area contributed by atoms with Crippen LogP contribution in [-0.4, -0.2) is 67.4 Å². The van der Waals surface area contributed by atoms with E-state index in [4.69, 9.17) is 9.47 Å². The van der Waals surface area contributed by atoms with Crippen molar-refractivity contribution in [3.63, 3.8) is 0 Å². The van der Waals surface area contributed by atoms with E-state index in [-0.39, 0.29) is 18.1 Å².